The van der Waals surface area contributed by atoms with Crippen molar-refractivity contribution in [3.8, 4) is 68.1 Å². The van der Waals surface area contributed by atoms with Gasteiger partial charge in [-0.05, 0) is 115 Å². The highest BCUT2D eigenvalue weighted by Crippen LogP contribution is 2.46. The summed E-state index contributed by atoms with van der Waals surface area (Å²) in [5.74, 6) is -1.71. The van der Waals surface area contributed by atoms with Crippen LogP contribution in [0.3, 0.4) is 0 Å². The summed E-state index contributed by atoms with van der Waals surface area (Å²) in [6.07, 6.45) is 4.49. The number of benzene rings is 6. The Morgan fingerprint density at radius 3 is 1.61 bits per heavy atom. The number of halogens is 4. The maximum atomic E-state index is 14.8. The molecule has 2 aliphatic rings. The molecule has 14 rings (SSSR count). The molecular formula is C66H53F4N9O8S2. The lowest BCUT2D eigenvalue weighted by atomic mass is 9.93. The van der Waals surface area contributed by atoms with Gasteiger partial charge in [-0.3, -0.25) is 18.2 Å². The Morgan fingerprint density at radius 2 is 1.09 bits per heavy atom. The van der Waals surface area contributed by atoms with E-state index in [0.717, 1.165) is 54.7 Å². The van der Waals surface area contributed by atoms with Crippen LogP contribution in [0.4, 0.5) is 28.9 Å². The summed E-state index contributed by atoms with van der Waals surface area (Å²) in [5, 5.41) is 7.08. The van der Waals surface area contributed by atoms with Crippen molar-refractivity contribution in [1.29, 1.82) is 0 Å². The van der Waals surface area contributed by atoms with Gasteiger partial charge in [-0.25, -0.2) is 49.3 Å². The summed E-state index contributed by atoms with van der Waals surface area (Å²) < 4.78 is 127. The van der Waals surface area contributed by atoms with E-state index in [1.807, 2.05) is 28.8 Å². The van der Waals surface area contributed by atoms with Crippen LogP contribution in [0, 0.1) is 23.3 Å². The number of aryl methyl sites for hydroxylation is 2. The SMILES string of the molecule is CNC(=O)c1c(-c2ccc(F)cc2)oc2cc(N(C)S(C)(=O)=O)c(-c3ccc4c(n3)-c3cc5c(F)cccc5n3CC4C)cc12.CNC(=O)c1c(-c2ccc(F)cc2)oc2cc(N(C)S(C)(=O)=O)c(-c3ncc4c(n3)-c3cc5c(F)cccc5n3CC4)cc12. The number of hydrogen-bond donors (Lipinski definition) is 2. The van der Waals surface area contributed by atoms with Crippen LogP contribution in [0.5, 0.6) is 0 Å². The lowest BCUT2D eigenvalue weighted by Crippen LogP contribution is -2.25. The Hall–Kier alpha value is -10.1. The first kappa shape index (κ1) is 57.9. The Labute approximate surface area is 507 Å². The average molecular weight is 1240 g/mol. The van der Waals surface area contributed by atoms with Gasteiger partial charge >= 0.3 is 0 Å². The zero-order valence-corrected chi connectivity index (χ0v) is 50.3. The number of carbonyl (C=O) groups excluding carboxylic acids is 2. The van der Waals surface area contributed by atoms with E-state index in [9.17, 15) is 44.0 Å². The van der Waals surface area contributed by atoms with Gasteiger partial charge in [0.25, 0.3) is 11.8 Å². The van der Waals surface area contributed by atoms with Crippen molar-refractivity contribution in [2.75, 3.05) is 49.3 Å². The van der Waals surface area contributed by atoms with Gasteiger partial charge < -0.3 is 28.6 Å². The fourth-order valence-electron chi connectivity index (χ4n) is 11.9. The number of sulfonamides is 2. The van der Waals surface area contributed by atoms with Crippen LogP contribution in [0.1, 0.15) is 44.7 Å². The van der Waals surface area contributed by atoms with Crippen LogP contribution in [0.15, 0.2) is 148 Å². The molecule has 0 bridgehead atoms. The van der Waals surface area contributed by atoms with Crippen LogP contribution >= 0.6 is 0 Å². The summed E-state index contributed by atoms with van der Waals surface area (Å²) in [4.78, 5) is 41.0. The molecule has 8 heterocycles. The molecule has 17 nitrogen and oxygen atoms in total. The second kappa shape index (κ2) is 21.6. The maximum Gasteiger partial charge on any atom is 0.255 e. The van der Waals surface area contributed by atoms with Gasteiger partial charge in [-0.1, -0.05) is 25.1 Å². The van der Waals surface area contributed by atoms with Crippen LogP contribution in [-0.2, 0) is 39.6 Å². The van der Waals surface area contributed by atoms with E-state index < -0.39 is 43.5 Å². The van der Waals surface area contributed by atoms with E-state index >= 15 is 0 Å². The number of hydrogen-bond acceptors (Lipinski definition) is 11. The lowest BCUT2D eigenvalue weighted by molar-refractivity contribution is 0.0956. The molecule has 23 heteroatoms. The molecule has 2 N–H and O–H groups in total. The van der Waals surface area contributed by atoms with Gasteiger partial charge in [0.1, 0.15) is 46.0 Å². The van der Waals surface area contributed by atoms with Crippen molar-refractivity contribution >= 4 is 87.0 Å². The number of amides is 2. The molecule has 0 fully saturated rings. The minimum atomic E-state index is -3.75. The molecule has 89 heavy (non-hydrogen) atoms. The molecule has 450 valence electrons. The van der Waals surface area contributed by atoms with Gasteiger partial charge in [-0.2, -0.15) is 0 Å². The van der Waals surface area contributed by atoms with Gasteiger partial charge in [0.2, 0.25) is 20.0 Å². The van der Waals surface area contributed by atoms with Crippen LogP contribution in [0.2, 0.25) is 0 Å². The number of anilines is 2. The Balaban J connectivity index is 0.000000164. The molecule has 6 aromatic carbocycles. The quantitative estimate of drug-likeness (QED) is 0.123. The highest BCUT2D eigenvalue weighted by atomic mass is 32.2. The Bertz CT molecular complexity index is 5200. The summed E-state index contributed by atoms with van der Waals surface area (Å²) in [6, 6.07) is 34.8. The molecule has 0 radical (unpaired) electrons. The summed E-state index contributed by atoms with van der Waals surface area (Å²) in [6.45, 7) is 3.37. The van der Waals surface area contributed by atoms with E-state index in [-0.39, 0.29) is 68.6 Å². The fraction of sp³-hybridized carbons (Fsp3) is 0.167. The molecule has 0 aliphatic carbocycles. The van der Waals surface area contributed by atoms with Crippen molar-refractivity contribution in [2.24, 2.45) is 0 Å². The second-order valence-electron chi connectivity index (χ2n) is 22.0. The number of rotatable bonds is 10. The van der Waals surface area contributed by atoms with Crippen LogP contribution in [0.25, 0.3) is 112 Å². The van der Waals surface area contributed by atoms with E-state index in [0.29, 0.717) is 80.4 Å². The molecule has 1 unspecified atom stereocenters. The van der Waals surface area contributed by atoms with Crippen molar-refractivity contribution in [2.45, 2.75) is 32.4 Å². The molecule has 0 saturated carbocycles. The Kier molecular flexibility index (Phi) is 14.1. The predicted octanol–water partition coefficient (Wildman–Crippen LogP) is 12.7. The molecule has 12 aromatic rings. The molecule has 2 aliphatic heterocycles. The first-order valence-electron chi connectivity index (χ1n) is 28.0. The number of aromatic nitrogens is 5. The number of pyridine rings is 1. The zero-order chi connectivity index (χ0) is 62.7. The van der Waals surface area contributed by atoms with Crippen molar-refractivity contribution in [3.63, 3.8) is 0 Å². The van der Waals surface area contributed by atoms with Gasteiger partial charge in [0.05, 0.1) is 74.5 Å². The normalized spacial score (nSPS) is 13.6. The smallest absolute Gasteiger partial charge is 0.255 e. The van der Waals surface area contributed by atoms with Gasteiger partial charge in [0, 0.05) is 115 Å². The van der Waals surface area contributed by atoms with E-state index in [2.05, 4.69) is 27.1 Å². The Morgan fingerprint density at radius 1 is 0.596 bits per heavy atom. The van der Waals surface area contributed by atoms with E-state index in [1.165, 1.54) is 94.9 Å². The van der Waals surface area contributed by atoms with Gasteiger partial charge in [0.15, 0.2) is 5.82 Å². The molecule has 0 spiro atoms. The minimum absolute atomic E-state index is 0.0838. The van der Waals surface area contributed by atoms with Crippen molar-refractivity contribution < 1.29 is 52.8 Å². The number of nitrogens with one attached hydrogen (secondary N) is 2. The maximum absolute atomic E-state index is 14.8. The molecule has 6 aromatic heterocycles. The largest absolute Gasteiger partial charge is 0.455 e. The number of fused-ring (bicyclic) bond motifs is 12. The van der Waals surface area contributed by atoms with Crippen molar-refractivity contribution in [1.82, 2.24) is 34.7 Å². The summed E-state index contributed by atoms with van der Waals surface area (Å²) >= 11 is 0. The molecule has 2 amide bonds. The highest BCUT2D eigenvalue weighted by Gasteiger charge is 2.32. The standard InChI is InChI=1S/C34H28F2N4O4S.C32H25F2N5O4S/c1-18-17-40-27-7-5-6-25(36)22(27)15-29(40)32-21(18)12-13-26(38-32)23-14-24-30(16-28(23)39(3)45(4,42)43)44-33(31(24)34(41)37-2)19-8-10-20(35)11-9-19;1-35-32(40)28-22-13-21(25(38(2)44(3,41)42)15-27(22)43-30(28)17-7-9-19(33)10-8-17)31-36-16-18-11-12-39-24-6-4-5-23(34)20(24)14-26(39)29(18)37-31/h5-16,18H,17H2,1-4H3,(H,37,41);4-10,13-16H,11-12H2,1-3H3,(H,35,40). The first-order chi connectivity index (χ1) is 42.5. The van der Waals surface area contributed by atoms with E-state index in [1.54, 1.807) is 48.7 Å². The van der Waals surface area contributed by atoms with Gasteiger partial charge in [-0.15, -0.1) is 0 Å². The molecule has 0 saturated heterocycles. The topological polar surface area (TPSA) is 208 Å². The zero-order valence-electron chi connectivity index (χ0n) is 48.7. The lowest BCUT2D eigenvalue weighted by Gasteiger charge is -2.26. The second-order valence-corrected chi connectivity index (χ2v) is 26.0. The van der Waals surface area contributed by atoms with Crippen molar-refractivity contribution in [3.05, 3.63) is 185 Å². The summed E-state index contributed by atoms with van der Waals surface area (Å²) in [5.41, 5.74) is 9.77. The summed E-state index contributed by atoms with van der Waals surface area (Å²) in [7, 11) is -1.67. The molecular weight excluding hydrogens is 1190 g/mol. The number of nitrogens with zero attached hydrogens (tertiary/aromatic N) is 7. The highest BCUT2D eigenvalue weighted by molar-refractivity contribution is 7.92. The molecule has 1 atom stereocenters. The minimum Gasteiger partial charge on any atom is -0.455 e. The monoisotopic (exact) mass is 1240 g/mol. The number of furan rings is 2. The number of carbonyl (C=O) groups is 2. The predicted molar refractivity (Wildman–Crippen MR) is 335 cm³/mol. The van der Waals surface area contributed by atoms with Crippen LogP contribution in [-0.4, -0.2) is 93.4 Å². The third kappa shape index (κ3) is 9.89. The van der Waals surface area contributed by atoms with Crippen LogP contribution < -0.4 is 19.2 Å². The fourth-order valence-corrected chi connectivity index (χ4v) is 12.9. The first-order valence-corrected chi connectivity index (χ1v) is 31.7. The third-order valence-corrected chi connectivity index (χ3v) is 19.0. The third-order valence-electron chi connectivity index (χ3n) is 16.6. The van der Waals surface area contributed by atoms with E-state index in [4.69, 9.17) is 18.8 Å². The average Bonchev–Trinajstić information content (AvgIpc) is 2.29.